The molecule has 0 N–H and O–H groups in total. The molecule has 1 amide bonds. The van der Waals surface area contributed by atoms with Crippen molar-refractivity contribution in [3.05, 3.63) is 29.1 Å². The topological polar surface area (TPSA) is 68.7 Å². The summed E-state index contributed by atoms with van der Waals surface area (Å²) < 4.78 is 10.0. The van der Waals surface area contributed by atoms with Gasteiger partial charge >= 0.3 is 12.1 Å². The number of fused-ring (bicyclic) bond motifs is 1. The number of nitrogens with zero attached hydrogens (tertiary/aromatic N) is 2. The van der Waals surface area contributed by atoms with Gasteiger partial charge in [0.05, 0.1) is 24.9 Å². The van der Waals surface area contributed by atoms with Crippen molar-refractivity contribution in [1.82, 2.24) is 9.88 Å². The molecule has 1 aromatic rings. The van der Waals surface area contributed by atoms with Gasteiger partial charge < -0.3 is 14.4 Å². The van der Waals surface area contributed by atoms with Crippen LogP contribution in [0.4, 0.5) is 4.79 Å². The van der Waals surface area contributed by atoms with Gasteiger partial charge in [-0.25, -0.2) is 9.59 Å². The fourth-order valence-corrected chi connectivity index (χ4v) is 2.12. The molecule has 1 aliphatic rings. The SMILES string of the molecule is COC(=O)c1cnc2c(c1)CCN(C(=O)OC(C)(C)C)C2. The molecule has 114 valence electrons. The van der Waals surface area contributed by atoms with Crippen molar-refractivity contribution in [3.63, 3.8) is 0 Å². The molecule has 0 radical (unpaired) electrons. The second kappa shape index (κ2) is 5.71. The lowest BCUT2D eigenvalue weighted by Gasteiger charge is -2.30. The summed E-state index contributed by atoms with van der Waals surface area (Å²) in [4.78, 5) is 29.4. The number of aromatic nitrogens is 1. The van der Waals surface area contributed by atoms with Crippen LogP contribution in [0.2, 0.25) is 0 Å². The number of ether oxygens (including phenoxy) is 2. The molecule has 6 heteroatoms. The predicted molar refractivity (Wildman–Crippen MR) is 75.9 cm³/mol. The maximum Gasteiger partial charge on any atom is 0.410 e. The molecule has 0 atom stereocenters. The zero-order chi connectivity index (χ0) is 15.6. The Bertz CT molecular complexity index is 563. The molecule has 6 nitrogen and oxygen atoms in total. The number of carbonyl (C=O) groups is 2. The Morgan fingerprint density at radius 2 is 2.05 bits per heavy atom. The monoisotopic (exact) mass is 292 g/mol. The van der Waals surface area contributed by atoms with Crippen LogP contribution in [0.3, 0.4) is 0 Å². The fourth-order valence-electron chi connectivity index (χ4n) is 2.12. The van der Waals surface area contributed by atoms with Gasteiger partial charge in [-0.15, -0.1) is 0 Å². The minimum atomic E-state index is -0.514. The molecular weight excluding hydrogens is 272 g/mol. The Hall–Kier alpha value is -2.11. The van der Waals surface area contributed by atoms with Crippen LogP contribution in [-0.4, -0.2) is 41.2 Å². The van der Waals surface area contributed by atoms with Gasteiger partial charge in [-0.1, -0.05) is 0 Å². The van der Waals surface area contributed by atoms with E-state index < -0.39 is 11.6 Å². The van der Waals surface area contributed by atoms with Crippen molar-refractivity contribution in [2.24, 2.45) is 0 Å². The Labute approximate surface area is 124 Å². The van der Waals surface area contributed by atoms with Crippen molar-refractivity contribution in [2.75, 3.05) is 13.7 Å². The molecule has 21 heavy (non-hydrogen) atoms. The Kier molecular flexibility index (Phi) is 4.16. The van der Waals surface area contributed by atoms with E-state index in [4.69, 9.17) is 4.74 Å². The summed E-state index contributed by atoms with van der Waals surface area (Å²) in [7, 11) is 1.34. The van der Waals surface area contributed by atoms with Crippen molar-refractivity contribution in [2.45, 2.75) is 39.3 Å². The highest BCUT2D eigenvalue weighted by atomic mass is 16.6. The fraction of sp³-hybridized carbons (Fsp3) is 0.533. The van der Waals surface area contributed by atoms with Gasteiger partial charge in [-0.3, -0.25) is 4.98 Å². The second-order valence-corrected chi connectivity index (χ2v) is 5.97. The van der Waals surface area contributed by atoms with E-state index in [1.54, 1.807) is 11.0 Å². The van der Waals surface area contributed by atoms with E-state index in [-0.39, 0.29) is 6.09 Å². The molecular formula is C15H20N2O4. The Morgan fingerprint density at radius 3 is 2.67 bits per heavy atom. The molecule has 0 aliphatic carbocycles. The molecule has 0 saturated carbocycles. The zero-order valence-electron chi connectivity index (χ0n) is 12.8. The number of hydrogen-bond donors (Lipinski definition) is 0. The first kappa shape index (κ1) is 15.3. The molecule has 2 heterocycles. The molecule has 0 saturated heterocycles. The summed E-state index contributed by atoms with van der Waals surface area (Å²) >= 11 is 0. The van der Waals surface area contributed by atoms with Crippen LogP contribution in [0, 0.1) is 0 Å². The standard InChI is InChI=1S/C15H20N2O4/c1-15(2,3)21-14(19)17-6-5-10-7-11(13(18)20-4)8-16-12(10)9-17/h7-8H,5-6,9H2,1-4H3. The minimum Gasteiger partial charge on any atom is -0.465 e. The Balaban J connectivity index is 2.11. The number of esters is 1. The lowest BCUT2D eigenvalue weighted by molar-refractivity contribution is 0.0220. The summed E-state index contributed by atoms with van der Waals surface area (Å²) in [5.74, 6) is -0.403. The quantitative estimate of drug-likeness (QED) is 0.742. The highest BCUT2D eigenvalue weighted by molar-refractivity contribution is 5.89. The lowest BCUT2D eigenvalue weighted by atomic mass is 10.0. The summed E-state index contributed by atoms with van der Waals surface area (Å²) in [6.45, 7) is 6.46. The van der Waals surface area contributed by atoms with Gasteiger partial charge in [0.25, 0.3) is 0 Å². The van der Waals surface area contributed by atoms with E-state index in [0.717, 1.165) is 11.3 Å². The molecule has 0 spiro atoms. The van der Waals surface area contributed by atoms with Gasteiger partial charge in [0.1, 0.15) is 5.60 Å². The van der Waals surface area contributed by atoms with Crippen LogP contribution in [0.1, 0.15) is 42.4 Å². The first-order chi connectivity index (χ1) is 9.80. The van der Waals surface area contributed by atoms with E-state index in [1.807, 2.05) is 20.8 Å². The molecule has 0 fully saturated rings. The predicted octanol–water partition coefficient (Wildman–Crippen LogP) is 2.16. The molecule has 1 aliphatic heterocycles. The van der Waals surface area contributed by atoms with Crippen LogP contribution in [-0.2, 0) is 22.4 Å². The van der Waals surface area contributed by atoms with Crippen LogP contribution < -0.4 is 0 Å². The van der Waals surface area contributed by atoms with Gasteiger partial charge in [0.15, 0.2) is 0 Å². The first-order valence-corrected chi connectivity index (χ1v) is 6.84. The molecule has 0 aromatic carbocycles. The van der Waals surface area contributed by atoms with Gasteiger partial charge in [0.2, 0.25) is 0 Å². The van der Waals surface area contributed by atoms with Crippen LogP contribution in [0.5, 0.6) is 0 Å². The molecule has 2 rings (SSSR count). The smallest absolute Gasteiger partial charge is 0.410 e. The van der Waals surface area contributed by atoms with E-state index in [0.29, 0.717) is 25.1 Å². The second-order valence-electron chi connectivity index (χ2n) is 5.97. The van der Waals surface area contributed by atoms with E-state index in [2.05, 4.69) is 9.72 Å². The van der Waals surface area contributed by atoms with Crippen molar-refractivity contribution < 1.29 is 19.1 Å². The van der Waals surface area contributed by atoms with Crippen LogP contribution in [0.15, 0.2) is 12.3 Å². The number of hydrogen-bond acceptors (Lipinski definition) is 5. The van der Waals surface area contributed by atoms with Crippen molar-refractivity contribution >= 4 is 12.1 Å². The number of pyridine rings is 1. The van der Waals surface area contributed by atoms with Crippen LogP contribution in [0.25, 0.3) is 0 Å². The van der Waals surface area contributed by atoms with Crippen molar-refractivity contribution in [1.29, 1.82) is 0 Å². The number of amides is 1. The molecule has 0 bridgehead atoms. The van der Waals surface area contributed by atoms with Gasteiger partial charge in [-0.2, -0.15) is 0 Å². The summed E-state index contributed by atoms with van der Waals surface area (Å²) in [6.07, 6.45) is 1.78. The zero-order valence-corrected chi connectivity index (χ0v) is 12.8. The highest BCUT2D eigenvalue weighted by Crippen LogP contribution is 2.20. The normalized spacial score (nSPS) is 14.4. The summed E-state index contributed by atoms with van der Waals surface area (Å²) in [5, 5.41) is 0. The summed E-state index contributed by atoms with van der Waals surface area (Å²) in [6, 6.07) is 1.78. The number of carbonyl (C=O) groups excluding carboxylic acids is 2. The average molecular weight is 292 g/mol. The summed E-state index contributed by atoms with van der Waals surface area (Å²) in [5.41, 5.74) is 1.68. The highest BCUT2D eigenvalue weighted by Gasteiger charge is 2.26. The maximum atomic E-state index is 12.0. The van der Waals surface area contributed by atoms with Gasteiger partial charge in [0, 0.05) is 12.7 Å². The number of methoxy groups -OCH3 is 1. The maximum absolute atomic E-state index is 12.0. The third-order valence-electron chi connectivity index (χ3n) is 3.12. The minimum absolute atomic E-state index is 0.341. The van der Waals surface area contributed by atoms with Crippen LogP contribution >= 0.6 is 0 Å². The number of rotatable bonds is 1. The third kappa shape index (κ3) is 3.71. The van der Waals surface area contributed by atoms with Crippen molar-refractivity contribution in [3.8, 4) is 0 Å². The molecule has 1 aromatic heterocycles. The van der Waals surface area contributed by atoms with E-state index >= 15 is 0 Å². The molecule has 0 unspecified atom stereocenters. The Morgan fingerprint density at radius 1 is 1.33 bits per heavy atom. The van der Waals surface area contributed by atoms with E-state index in [1.165, 1.54) is 13.3 Å². The largest absolute Gasteiger partial charge is 0.465 e. The van der Waals surface area contributed by atoms with E-state index in [9.17, 15) is 9.59 Å². The third-order valence-corrected chi connectivity index (χ3v) is 3.12. The lowest BCUT2D eigenvalue weighted by Crippen LogP contribution is -2.40. The first-order valence-electron chi connectivity index (χ1n) is 6.84. The van der Waals surface area contributed by atoms with Gasteiger partial charge in [-0.05, 0) is 38.8 Å². The average Bonchev–Trinajstić information content (AvgIpc) is 2.43.